The van der Waals surface area contributed by atoms with Crippen LogP contribution in [0.1, 0.15) is 31.7 Å². The van der Waals surface area contributed by atoms with E-state index in [0.29, 0.717) is 12.3 Å². The van der Waals surface area contributed by atoms with Gasteiger partial charge in [0.25, 0.3) is 0 Å². The molecule has 5 nitrogen and oxygen atoms in total. The monoisotopic (exact) mass is 291 g/mol. The maximum atomic E-state index is 11.6. The molecule has 0 fully saturated rings. The molecule has 114 valence electrons. The molecule has 0 bridgehead atoms. The number of benzene rings is 1. The highest BCUT2D eigenvalue weighted by Crippen LogP contribution is 2.10. The smallest absolute Gasteiger partial charge is 0.328 e. The Hall–Kier alpha value is -2.14. The lowest BCUT2D eigenvalue weighted by molar-refractivity contribution is -0.131. The van der Waals surface area contributed by atoms with Gasteiger partial charge in [-0.1, -0.05) is 31.9 Å². The van der Waals surface area contributed by atoms with Gasteiger partial charge in [-0.05, 0) is 30.2 Å². The van der Waals surface area contributed by atoms with Crippen molar-refractivity contribution in [3.05, 3.63) is 35.9 Å². The van der Waals surface area contributed by atoms with E-state index in [1.807, 2.05) is 0 Å². The first-order valence-electron chi connectivity index (χ1n) is 7.00. The number of rotatable bonds is 9. The molecule has 0 atom stereocenters. The van der Waals surface area contributed by atoms with Crippen LogP contribution in [0.3, 0.4) is 0 Å². The molecule has 0 aromatic heterocycles. The molecule has 1 aromatic rings. The molecule has 2 N–H and O–H groups in total. The number of carbonyl (C=O) groups excluding carboxylic acids is 1. The van der Waals surface area contributed by atoms with Crippen LogP contribution < -0.4 is 5.32 Å². The highest BCUT2D eigenvalue weighted by Gasteiger charge is 2.02. The van der Waals surface area contributed by atoms with E-state index < -0.39 is 5.97 Å². The lowest BCUT2D eigenvalue weighted by Gasteiger charge is -2.06. The average Bonchev–Trinajstić information content (AvgIpc) is 2.46. The predicted octanol–water partition coefficient (Wildman–Crippen LogP) is 2.93. The second-order valence-corrected chi connectivity index (χ2v) is 4.60. The molecule has 1 amide bonds. The molecule has 0 aliphatic heterocycles. The van der Waals surface area contributed by atoms with Crippen molar-refractivity contribution in [3.8, 4) is 0 Å². The Balaban J connectivity index is 2.34. The zero-order valence-corrected chi connectivity index (χ0v) is 12.2. The number of amides is 1. The summed E-state index contributed by atoms with van der Waals surface area (Å²) in [5, 5.41) is 11.2. The fourth-order valence-corrected chi connectivity index (χ4v) is 1.66. The number of aliphatic carboxylic acids is 1. The molecule has 0 spiro atoms. The van der Waals surface area contributed by atoms with Crippen molar-refractivity contribution in [1.29, 1.82) is 0 Å². The Morgan fingerprint density at radius 2 is 1.95 bits per heavy atom. The van der Waals surface area contributed by atoms with Gasteiger partial charge in [0.15, 0.2) is 0 Å². The van der Waals surface area contributed by atoms with Crippen LogP contribution in [0.4, 0.5) is 5.69 Å². The highest BCUT2D eigenvalue weighted by atomic mass is 16.5. The number of anilines is 1. The van der Waals surface area contributed by atoms with Crippen molar-refractivity contribution in [1.82, 2.24) is 0 Å². The standard InChI is InChI=1S/C16H21NO4/c1-2-3-4-11-21-12-15(18)17-14-8-5-13(6-9-14)7-10-16(19)20/h5-10H,2-4,11-12H2,1H3,(H,17,18)(H,19,20)/b10-7+. The Morgan fingerprint density at radius 1 is 1.24 bits per heavy atom. The van der Waals surface area contributed by atoms with E-state index in [1.165, 1.54) is 6.08 Å². The number of carboxylic acids is 1. The topological polar surface area (TPSA) is 75.6 Å². The van der Waals surface area contributed by atoms with Gasteiger partial charge in [0, 0.05) is 18.4 Å². The van der Waals surface area contributed by atoms with Crippen LogP contribution in [-0.4, -0.2) is 30.2 Å². The van der Waals surface area contributed by atoms with E-state index in [9.17, 15) is 9.59 Å². The number of nitrogens with one attached hydrogen (secondary N) is 1. The Morgan fingerprint density at radius 3 is 2.57 bits per heavy atom. The number of carboxylic acid groups (broad SMARTS) is 1. The van der Waals surface area contributed by atoms with Crippen LogP contribution >= 0.6 is 0 Å². The van der Waals surface area contributed by atoms with Gasteiger partial charge in [-0.15, -0.1) is 0 Å². The molecule has 0 aliphatic carbocycles. The predicted molar refractivity (Wildman–Crippen MR) is 82.1 cm³/mol. The minimum Gasteiger partial charge on any atom is -0.478 e. The quantitative estimate of drug-likeness (QED) is 0.542. The van der Waals surface area contributed by atoms with Crippen molar-refractivity contribution in [2.75, 3.05) is 18.5 Å². The van der Waals surface area contributed by atoms with E-state index in [4.69, 9.17) is 9.84 Å². The first-order chi connectivity index (χ1) is 10.1. The summed E-state index contributed by atoms with van der Waals surface area (Å²) in [6.07, 6.45) is 5.75. The number of unbranched alkanes of at least 4 members (excludes halogenated alkanes) is 2. The van der Waals surface area contributed by atoms with E-state index >= 15 is 0 Å². The van der Waals surface area contributed by atoms with Gasteiger partial charge in [-0.25, -0.2) is 4.79 Å². The largest absolute Gasteiger partial charge is 0.478 e. The molecule has 0 aliphatic rings. The fraction of sp³-hybridized carbons (Fsp3) is 0.375. The summed E-state index contributed by atoms with van der Waals surface area (Å²) in [5.74, 6) is -1.19. The van der Waals surface area contributed by atoms with E-state index in [-0.39, 0.29) is 12.5 Å². The fourth-order valence-electron chi connectivity index (χ4n) is 1.66. The molecule has 0 radical (unpaired) electrons. The van der Waals surface area contributed by atoms with Crippen LogP contribution in [0.15, 0.2) is 30.3 Å². The molecule has 0 saturated heterocycles. The Kier molecular flexibility index (Phi) is 7.82. The SMILES string of the molecule is CCCCCOCC(=O)Nc1ccc(/C=C/C(=O)O)cc1. The second kappa shape index (κ2) is 9.72. The second-order valence-electron chi connectivity index (χ2n) is 4.60. The summed E-state index contributed by atoms with van der Waals surface area (Å²) >= 11 is 0. The Bertz CT molecular complexity index is 480. The van der Waals surface area contributed by atoms with Crippen LogP contribution in [0.25, 0.3) is 6.08 Å². The van der Waals surface area contributed by atoms with Crippen LogP contribution in [0, 0.1) is 0 Å². The van der Waals surface area contributed by atoms with Gasteiger partial charge in [-0.3, -0.25) is 4.79 Å². The molecule has 0 unspecified atom stereocenters. The molecular formula is C16H21NO4. The van der Waals surface area contributed by atoms with Crippen LogP contribution in [0.5, 0.6) is 0 Å². The van der Waals surface area contributed by atoms with Crippen molar-refractivity contribution in [2.45, 2.75) is 26.2 Å². The minimum absolute atomic E-state index is 0.0460. The highest BCUT2D eigenvalue weighted by molar-refractivity contribution is 5.92. The maximum Gasteiger partial charge on any atom is 0.328 e. The lowest BCUT2D eigenvalue weighted by atomic mass is 10.2. The molecule has 0 saturated carbocycles. The summed E-state index contributed by atoms with van der Waals surface area (Å²) in [5.41, 5.74) is 1.41. The van der Waals surface area contributed by atoms with Gasteiger partial charge in [-0.2, -0.15) is 0 Å². The van der Waals surface area contributed by atoms with Crippen molar-refractivity contribution >= 4 is 23.6 Å². The van der Waals surface area contributed by atoms with Gasteiger partial charge < -0.3 is 15.2 Å². The van der Waals surface area contributed by atoms with E-state index in [2.05, 4.69) is 12.2 Å². The van der Waals surface area contributed by atoms with Crippen LogP contribution in [-0.2, 0) is 14.3 Å². The minimum atomic E-state index is -0.993. The van der Waals surface area contributed by atoms with Gasteiger partial charge >= 0.3 is 5.97 Å². The maximum absolute atomic E-state index is 11.6. The normalized spacial score (nSPS) is 10.7. The summed E-state index contributed by atoms with van der Waals surface area (Å²) in [7, 11) is 0. The summed E-state index contributed by atoms with van der Waals surface area (Å²) in [6.45, 7) is 2.76. The third-order valence-corrected chi connectivity index (χ3v) is 2.74. The summed E-state index contributed by atoms with van der Waals surface area (Å²) < 4.78 is 5.27. The Labute approximate surface area is 124 Å². The number of ether oxygens (including phenoxy) is 1. The summed E-state index contributed by atoms with van der Waals surface area (Å²) in [6, 6.07) is 6.90. The third-order valence-electron chi connectivity index (χ3n) is 2.74. The van der Waals surface area contributed by atoms with E-state index in [1.54, 1.807) is 24.3 Å². The molecule has 5 heteroatoms. The lowest BCUT2D eigenvalue weighted by Crippen LogP contribution is -2.18. The third kappa shape index (κ3) is 7.89. The average molecular weight is 291 g/mol. The van der Waals surface area contributed by atoms with Crippen molar-refractivity contribution in [2.24, 2.45) is 0 Å². The molecule has 0 heterocycles. The summed E-state index contributed by atoms with van der Waals surface area (Å²) in [4.78, 5) is 22.0. The zero-order valence-electron chi connectivity index (χ0n) is 12.2. The van der Waals surface area contributed by atoms with Crippen LogP contribution in [0.2, 0.25) is 0 Å². The molecule has 21 heavy (non-hydrogen) atoms. The molecular weight excluding hydrogens is 270 g/mol. The zero-order chi connectivity index (χ0) is 15.5. The van der Waals surface area contributed by atoms with Gasteiger partial charge in [0.1, 0.15) is 6.61 Å². The number of hydrogen-bond donors (Lipinski definition) is 2. The number of hydrogen-bond acceptors (Lipinski definition) is 3. The molecule has 1 aromatic carbocycles. The molecule has 1 rings (SSSR count). The van der Waals surface area contributed by atoms with Gasteiger partial charge in [0.05, 0.1) is 0 Å². The number of carbonyl (C=O) groups is 2. The first-order valence-corrected chi connectivity index (χ1v) is 7.00. The van der Waals surface area contributed by atoms with Crippen molar-refractivity contribution in [3.63, 3.8) is 0 Å². The van der Waals surface area contributed by atoms with E-state index in [0.717, 1.165) is 30.9 Å². The first kappa shape index (κ1) is 16.9. The van der Waals surface area contributed by atoms with Crippen molar-refractivity contribution < 1.29 is 19.4 Å². The van der Waals surface area contributed by atoms with Gasteiger partial charge in [0.2, 0.25) is 5.91 Å².